The van der Waals surface area contributed by atoms with Crippen LogP contribution in [0.15, 0.2) is 82.6 Å². The van der Waals surface area contributed by atoms with Gasteiger partial charge in [-0.25, -0.2) is 4.98 Å². The second-order valence-corrected chi connectivity index (χ2v) is 8.99. The largest absolute Gasteiger partial charge is 0.493 e. The Morgan fingerprint density at radius 3 is 2.26 bits per heavy atom. The third-order valence-corrected chi connectivity index (χ3v) is 6.52. The molecular weight excluding hydrogens is 402 g/mol. The maximum atomic E-state index is 6.15. The Hall–Kier alpha value is -3.02. The number of imidazole rings is 1. The van der Waals surface area contributed by atoms with Crippen LogP contribution in [0.3, 0.4) is 0 Å². The number of fused-ring (bicyclic) bond motifs is 5. The Bertz CT molecular complexity index is 1150. The first-order valence-electron chi connectivity index (χ1n) is 10.5. The molecule has 4 aromatic rings. The molecule has 0 radical (unpaired) electrons. The number of ether oxygens (including phenoxy) is 1. The molecule has 0 spiro atoms. The maximum absolute atomic E-state index is 6.15. The second kappa shape index (κ2) is 8.61. The van der Waals surface area contributed by atoms with Gasteiger partial charge in [0.1, 0.15) is 11.6 Å². The van der Waals surface area contributed by atoms with Crippen molar-refractivity contribution < 1.29 is 4.74 Å². The van der Waals surface area contributed by atoms with E-state index in [-0.39, 0.29) is 0 Å². The minimum atomic E-state index is 0.678. The molecule has 0 saturated carbocycles. The van der Waals surface area contributed by atoms with E-state index in [4.69, 9.17) is 9.72 Å². The molecule has 0 amide bonds. The van der Waals surface area contributed by atoms with Crippen molar-refractivity contribution in [1.82, 2.24) is 14.9 Å². The van der Waals surface area contributed by atoms with Crippen LogP contribution in [-0.4, -0.2) is 42.1 Å². The molecule has 0 bridgehead atoms. The summed E-state index contributed by atoms with van der Waals surface area (Å²) in [5.41, 5.74) is 5.38. The molecule has 0 saturated heterocycles. The summed E-state index contributed by atoms with van der Waals surface area (Å²) < 4.78 is 6.15. The minimum absolute atomic E-state index is 0.678. The molecule has 0 aliphatic carbocycles. The van der Waals surface area contributed by atoms with E-state index in [2.05, 4.69) is 78.6 Å². The number of rotatable bonds is 6. The van der Waals surface area contributed by atoms with Crippen molar-refractivity contribution in [3.63, 3.8) is 0 Å². The predicted molar refractivity (Wildman–Crippen MR) is 128 cm³/mol. The van der Waals surface area contributed by atoms with Crippen molar-refractivity contribution in [2.75, 3.05) is 27.2 Å². The number of nitrogens with zero attached hydrogens (tertiary/aromatic N) is 2. The van der Waals surface area contributed by atoms with Crippen LogP contribution >= 0.6 is 11.8 Å². The van der Waals surface area contributed by atoms with Gasteiger partial charge in [0.15, 0.2) is 0 Å². The number of benzene rings is 3. The highest BCUT2D eigenvalue weighted by Gasteiger charge is 2.24. The van der Waals surface area contributed by atoms with E-state index in [0.29, 0.717) is 6.61 Å². The summed E-state index contributed by atoms with van der Waals surface area (Å²) in [7, 11) is 4.16. The van der Waals surface area contributed by atoms with E-state index in [1.54, 1.807) is 11.8 Å². The van der Waals surface area contributed by atoms with E-state index in [1.807, 2.05) is 18.2 Å². The van der Waals surface area contributed by atoms with Crippen molar-refractivity contribution in [3.05, 3.63) is 72.8 Å². The molecule has 0 unspecified atom stereocenters. The van der Waals surface area contributed by atoms with Crippen LogP contribution in [0.4, 0.5) is 0 Å². The molecule has 2 heterocycles. The monoisotopic (exact) mass is 427 g/mol. The average molecular weight is 428 g/mol. The van der Waals surface area contributed by atoms with Gasteiger partial charge in [0.2, 0.25) is 0 Å². The zero-order valence-electron chi connectivity index (χ0n) is 17.8. The third-order valence-electron chi connectivity index (χ3n) is 5.37. The fourth-order valence-corrected chi connectivity index (χ4v) is 4.96. The highest BCUT2D eigenvalue weighted by atomic mass is 32.2. The fourth-order valence-electron chi connectivity index (χ4n) is 3.87. The first-order valence-corrected chi connectivity index (χ1v) is 11.4. The van der Waals surface area contributed by atoms with Gasteiger partial charge in [0.25, 0.3) is 0 Å². The molecule has 31 heavy (non-hydrogen) atoms. The Morgan fingerprint density at radius 1 is 0.839 bits per heavy atom. The first kappa shape index (κ1) is 19.9. The summed E-state index contributed by atoms with van der Waals surface area (Å²) in [4.78, 5) is 13.3. The smallest absolute Gasteiger partial charge is 0.142 e. The lowest BCUT2D eigenvalue weighted by atomic mass is 10.1. The van der Waals surface area contributed by atoms with Crippen molar-refractivity contribution in [2.24, 2.45) is 0 Å². The average Bonchev–Trinajstić information content (AvgIpc) is 3.17. The first-order chi connectivity index (χ1) is 15.2. The van der Waals surface area contributed by atoms with Gasteiger partial charge in [-0.3, -0.25) is 0 Å². The highest BCUT2D eigenvalue weighted by Crippen LogP contribution is 2.47. The lowest BCUT2D eigenvalue weighted by molar-refractivity contribution is 0.282. The quantitative estimate of drug-likeness (QED) is 0.327. The molecular formula is C26H25N3OS. The van der Waals surface area contributed by atoms with Crippen molar-refractivity contribution in [3.8, 4) is 39.7 Å². The molecule has 5 rings (SSSR count). The van der Waals surface area contributed by atoms with Gasteiger partial charge < -0.3 is 14.6 Å². The Kier molecular flexibility index (Phi) is 5.53. The number of aromatic amines is 1. The van der Waals surface area contributed by atoms with E-state index in [0.717, 1.165) is 47.1 Å². The van der Waals surface area contributed by atoms with E-state index < -0.39 is 0 Å². The SMILES string of the molecule is CN(C)CCCOc1ccccc1-c1nc2c([nH]1)-c1ccccc1Sc1ccccc1-2. The number of hydrogen-bond acceptors (Lipinski definition) is 4. The number of aromatic nitrogens is 2. The standard InChI is InChI=1S/C26H25N3OS/c1-29(2)16-9-17-30-21-13-6-3-10-18(21)26-27-24-19-11-4-7-14-22(19)31-23-15-8-5-12-20(23)25(24)28-26/h3-8,10-15H,9,16-17H2,1-2H3,(H,27,28). The number of hydrogen-bond donors (Lipinski definition) is 1. The topological polar surface area (TPSA) is 41.1 Å². The highest BCUT2D eigenvalue weighted by molar-refractivity contribution is 7.99. The predicted octanol–water partition coefficient (Wildman–Crippen LogP) is 6.21. The van der Waals surface area contributed by atoms with Gasteiger partial charge in [-0.15, -0.1) is 0 Å². The summed E-state index contributed by atoms with van der Waals surface area (Å²) in [6.45, 7) is 1.68. The van der Waals surface area contributed by atoms with Crippen LogP contribution in [0.5, 0.6) is 5.75 Å². The molecule has 1 N–H and O–H groups in total. The fraction of sp³-hybridized carbons (Fsp3) is 0.192. The van der Waals surface area contributed by atoms with Gasteiger partial charge in [0.05, 0.1) is 23.6 Å². The summed E-state index contributed by atoms with van der Waals surface area (Å²) in [6, 6.07) is 25.2. The molecule has 1 aliphatic rings. The summed E-state index contributed by atoms with van der Waals surface area (Å²) in [6.07, 6.45) is 0.980. The zero-order chi connectivity index (χ0) is 21.2. The molecule has 156 valence electrons. The van der Waals surface area contributed by atoms with Crippen LogP contribution in [0.25, 0.3) is 33.9 Å². The number of para-hydroxylation sites is 1. The van der Waals surface area contributed by atoms with Crippen molar-refractivity contribution >= 4 is 11.8 Å². The summed E-state index contributed by atoms with van der Waals surface area (Å²) >= 11 is 1.80. The van der Waals surface area contributed by atoms with E-state index in [1.165, 1.54) is 15.4 Å². The van der Waals surface area contributed by atoms with Crippen molar-refractivity contribution in [1.29, 1.82) is 0 Å². The van der Waals surface area contributed by atoms with Crippen LogP contribution in [0.1, 0.15) is 6.42 Å². The van der Waals surface area contributed by atoms with E-state index in [9.17, 15) is 0 Å². The van der Waals surface area contributed by atoms with Crippen LogP contribution in [0, 0.1) is 0 Å². The summed E-state index contributed by atoms with van der Waals surface area (Å²) in [5.74, 6) is 1.70. The van der Waals surface area contributed by atoms with Crippen LogP contribution < -0.4 is 4.74 Å². The molecule has 1 aromatic heterocycles. The van der Waals surface area contributed by atoms with Gasteiger partial charge in [-0.1, -0.05) is 60.3 Å². The molecule has 0 fully saturated rings. The van der Waals surface area contributed by atoms with E-state index >= 15 is 0 Å². The zero-order valence-corrected chi connectivity index (χ0v) is 18.6. The Balaban J connectivity index is 1.57. The maximum Gasteiger partial charge on any atom is 0.142 e. The Morgan fingerprint density at radius 2 is 1.48 bits per heavy atom. The normalized spacial score (nSPS) is 12.1. The number of H-pyrrole nitrogens is 1. The van der Waals surface area contributed by atoms with Gasteiger partial charge in [-0.05, 0) is 44.8 Å². The lowest BCUT2D eigenvalue weighted by Gasteiger charge is -2.12. The molecule has 1 aliphatic heterocycles. The second-order valence-electron chi connectivity index (χ2n) is 7.90. The number of nitrogens with one attached hydrogen (secondary N) is 1. The molecule has 0 atom stereocenters. The lowest BCUT2D eigenvalue weighted by Crippen LogP contribution is -2.15. The minimum Gasteiger partial charge on any atom is -0.493 e. The summed E-state index contributed by atoms with van der Waals surface area (Å²) in [5, 5.41) is 0. The van der Waals surface area contributed by atoms with Gasteiger partial charge in [0, 0.05) is 27.5 Å². The Labute approximate surface area is 187 Å². The molecule has 5 heteroatoms. The third kappa shape index (κ3) is 3.99. The van der Waals surface area contributed by atoms with Crippen LogP contribution in [0.2, 0.25) is 0 Å². The van der Waals surface area contributed by atoms with Gasteiger partial charge in [-0.2, -0.15) is 0 Å². The van der Waals surface area contributed by atoms with Crippen LogP contribution in [-0.2, 0) is 0 Å². The molecule has 3 aromatic carbocycles. The van der Waals surface area contributed by atoms with Gasteiger partial charge >= 0.3 is 0 Å². The molecule has 4 nitrogen and oxygen atoms in total. The van der Waals surface area contributed by atoms with Crippen molar-refractivity contribution in [2.45, 2.75) is 16.2 Å².